The van der Waals surface area contributed by atoms with Crippen LogP contribution in [0.2, 0.25) is 0 Å². The van der Waals surface area contributed by atoms with Gasteiger partial charge in [0.1, 0.15) is 12.3 Å². The lowest BCUT2D eigenvalue weighted by Gasteiger charge is -2.14. The highest BCUT2D eigenvalue weighted by atomic mass is 16.4. The van der Waals surface area contributed by atoms with Gasteiger partial charge in [0.15, 0.2) is 0 Å². The maximum absolute atomic E-state index is 11.4. The zero-order chi connectivity index (χ0) is 18.7. The number of rotatable bonds is 9. The molecule has 0 bridgehead atoms. The van der Waals surface area contributed by atoms with Crippen molar-refractivity contribution in [2.45, 2.75) is 45.6 Å². The first-order valence-corrected chi connectivity index (χ1v) is 7.12. The lowest BCUT2D eigenvalue weighted by atomic mass is 10.1. The Morgan fingerprint density at radius 3 is 2.04 bits per heavy atom. The summed E-state index contributed by atoms with van der Waals surface area (Å²) >= 11 is 0. The van der Waals surface area contributed by atoms with Crippen LogP contribution in [0.5, 0.6) is 0 Å². The van der Waals surface area contributed by atoms with E-state index in [9.17, 15) is 14.4 Å². The number of aliphatic hydroxyl groups excluding tert-OH is 1. The van der Waals surface area contributed by atoms with Gasteiger partial charge in [-0.15, -0.1) is 0 Å². The smallest absolute Gasteiger partial charge is 0.326 e. The van der Waals surface area contributed by atoms with Crippen LogP contribution in [0.25, 0.3) is 0 Å². The third-order valence-corrected chi connectivity index (χ3v) is 2.42. The Balaban J connectivity index is -0.000000710. The molecule has 0 rings (SSSR count). The minimum absolute atomic E-state index is 0.109. The number of aliphatic hydroxyl groups is 1. The molecule has 0 aliphatic rings. The van der Waals surface area contributed by atoms with Crippen molar-refractivity contribution in [1.82, 2.24) is 10.6 Å². The van der Waals surface area contributed by atoms with Gasteiger partial charge in [0, 0.05) is 20.1 Å². The number of amides is 2. The van der Waals surface area contributed by atoms with Gasteiger partial charge in [-0.25, -0.2) is 9.59 Å². The fraction of sp³-hybridized carbons (Fsp3) is 0.714. The number of hydrogen-bond acceptors (Lipinski definition) is 5. The summed E-state index contributed by atoms with van der Waals surface area (Å²) in [7, 11) is 1.00. The molecule has 0 radical (unpaired) electrons. The number of aliphatic carboxylic acids is 1. The SMILES string of the molecule is CC(C)CCCNC(=O)NC(CCC=O)C(=O)O.CO.O=CO. The molecule has 0 saturated heterocycles. The van der Waals surface area contributed by atoms with E-state index in [1.54, 1.807) is 0 Å². The molecule has 0 spiro atoms. The maximum atomic E-state index is 11.4. The Morgan fingerprint density at radius 2 is 1.65 bits per heavy atom. The second kappa shape index (κ2) is 19.8. The summed E-state index contributed by atoms with van der Waals surface area (Å²) in [4.78, 5) is 40.7. The van der Waals surface area contributed by atoms with Crippen molar-refractivity contribution >= 4 is 24.8 Å². The molecule has 23 heavy (non-hydrogen) atoms. The summed E-state index contributed by atoms with van der Waals surface area (Å²) in [5, 5.41) is 27.7. The predicted molar refractivity (Wildman–Crippen MR) is 84.2 cm³/mol. The number of hydrogen-bond donors (Lipinski definition) is 5. The standard InChI is InChI=1S/C12H22N2O4.CH2O2.CH4O/c1-9(2)5-3-7-13-12(18)14-10(11(16)17)6-4-8-15;2-1-3;1-2/h8-10H,3-7H2,1-2H3,(H,16,17)(H2,13,14,18);1H,(H,2,3);2H,1H3. The molecular weight excluding hydrogens is 308 g/mol. The van der Waals surface area contributed by atoms with Crippen molar-refractivity contribution in [3.63, 3.8) is 0 Å². The quantitative estimate of drug-likeness (QED) is 0.303. The zero-order valence-corrected chi connectivity index (χ0v) is 13.8. The molecule has 0 aromatic carbocycles. The molecule has 0 aromatic heterocycles. The van der Waals surface area contributed by atoms with Gasteiger partial charge < -0.3 is 30.7 Å². The number of carboxylic acids is 1. The number of carboxylic acid groups (broad SMARTS) is 2. The third-order valence-electron chi connectivity index (χ3n) is 2.42. The maximum Gasteiger partial charge on any atom is 0.326 e. The molecule has 2 amide bonds. The van der Waals surface area contributed by atoms with Crippen LogP contribution in [0.3, 0.4) is 0 Å². The van der Waals surface area contributed by atoms with Crippen LogP contribution in [0, 0.1) is 5.92 Å². The van der Waals surface area contributed by atoms with E-state index < -0.39 is 18.0 Å². The van der Waals surface area contributed by atoms with Crippen molar-refractivity contribution in [1.29, 1.82) is 0 Å². The Labute approximate surface area is 136 Å². The second-order valence-electron chi connectivity index (χ2n) is 4.68. The van der Waals surface area contributed by atoms with Crippen LogP contribution in [-0.4, -0.2) is 59.8 Å². The van der Waals surface area contributed by atoms with E-state index in [0.29, 0.717) is 18.7 Å². The fourth-order valence-electron chi connectivity index (χ4n) is 1.41. The molecular formula is C14H28N2O7. The van der Waals surface area contributed by atoms with Crippen molar-refractivity contribution in [2.75, 3.05) is 13.7 Å². The van der Waals surface area contributed by atoms with Crippen molar-refractivity contribution in [3.8, 4) is 0 Å². The highest BCUT2D eigenvalue weighted by Crippen LogP contribution is 2.01. The molecule has 0 aliphatic carbocycles. The summed E-state index contributed by atoms with van der Waals surface area (Å²) in [6.45, 7) is 4.46. The Kier molecular flexibility index (Phi) is 22.2. The van der Waals surface area contributed by atoms with Crippen molar-refractivity contribution in [3.05, 3.63) is 0 Å². The zero-order valence-electron chi connectivity index (χ0n) is 13.8. The van der Waals surface area contributed by atoms with Gasteiger partial charge in [0.05, 0.1) is 0 Å². The Morgan fingerprint density at radius 1 is 1.13 bits per heavy atom. The summed E-state index contributed by atoms with van der Waals surface area (Å²) in [6.07, 6.45) is 2.73. The van der Waals surface area contributed by atoms with Crippen LogP contribution in [0.4, 0.5) is 4.79 Å². The highest BCUT2D eigenvalue weighted by molar-refractivity contribution is 5.82. The molecule has 0 heterocycles. The van der Waals surface area contributed by atoms with Crippen LogP contribution in [-0.2, 0) is 14.4 Å². The first-order chi connectivity index (χ1) is 10.9. The van der Waals surface area contributed by atoms with E-state index in [0.717, 1.165) is 20.0 Å². The van der Waals surface area contributed by atoms with Gasteiger partial charge in [-0.2, -0.15) is 0 Å². The lowest BCUT2D eigenvalue weighted by molar-refractivity contribution is -0.139. The molecule has 5 N–H and O–H groups in total. The summed E-state index contributed by atoms with van der Waals surface area (Å²) in [5.74, 6) is -0.552. The number of urea groups is 1. The Hall–Kier alpha value is -2.16. The van der Waals surface area contributed by atoms with Gasteiger partial charge in [0.25, 0.3) is 6.47 Å². The lowest BCUT2D eigenvalue weighted by Crippen LogP contribution is -2.46. The second-order valence-corrected chi connectivity index (χ2v) is 4.68. The van der Waals surface area contributed by atoms with E-state index in [-0.39, 0.29) is 19.3 Å². The van der Waals surface area contributed by atoms with Crippen molar-refractivity contribution in [2.24, 2.45) is 5.92 Å². The minimum atomic E-state index is -1.13. The molecule has 1 atom stereocenters. The number of nitrogens with one attached hydrogen (secondary N) is 2. The average molecular weight is 336 g/mol. The molecule has 9 heteroatoms. The van der Waals surface area contributed by atoms with Gasteiger partial charge in [-0.1, -0.05) is 13.8 Å². The van der Waals surface area contributed by atoms with E-state index in [2.05, 4.69) is 24.5 Å². The molecule has 136 valence electrons. The molecule has 9 nitrogen and oxygen atoms in total. The summed E-state index contributed by atoms with van der Waals surface area (Å²) < 4.78 is 0. The van der Waals surface area contributed by atoms with Gasteiger partial charge in [-0.3, -0.25) is 4.79 Å². The van der Waals surface area contributed by atoms with Gasteiger partial charge in [-0.05, 0) is 25.2 Å². The molecule has 0 fully saturated rings. The Bertz CT molecular complexity index is 322. The van der Waals surface area contributed by atoms with Crippen molar-refractivity contribution < 1.29 is 34.5 Å². The van der Waals surface area contributed by atoms with Gasteiger partial charge in [0.2, 0.25) is 0 Å². The number of carbonyl (C=O) groups excluding carboxylic acids is 2. The average Bonchev–Trinajstić information content (AvgIpc) is 2.50. The van der Waals surface area contributed by atoms with E-state index in [1.165, 1.54) is 0 Å². The molecule has 0 aromatic rings. The van der Waals surface area contributed by atoms with Crippen LogP contribution < -0.4 is 10.6 Å². The van der Waals surface area contributed by atoms with Crippen LogP contribution in [0.1, 0.15) is 39.5 Å². The number of carbonyl (C=O) groups is 4. The summed E-state index contributed by atoms with van der Waals surface area (Å²) in [5.41, 5.74) is 0. The molecule has 0 saturated carbocycles. The van der Waals surface area contributed by atoms with Crippen LogP contribution in [0.15, 0.2) is 0 Å². The highest BCUT2D eigenvalue weighted by Gasteiger charge is 2.18. The van der Waals surface area contributed by atoms with E-state index in [4.69, 9.17) is 20.1 Å². The predicted octanol–water partition coefficient (Wildman–Crippen LogP) is 0.463. The first-order valence-electron chi connectivity index (χ1n) is 7.12. The molecule has 1 unspecified atom stereocenters. The summed E-state index contributed by atoms with van der Waals surface area (Å²) in [6, 6.07) is -1.52. The van der Waals surface area contributed by atoms with E-state index in [1.807, 2.05) is 0 Å². The monoisotopic (exact) mass is 336 g/mol. The van der Waals surface area contributed by atoms with E-state index >= 15 is 0 Å². The fourth-order valence-corrected chi connectivity index (χ4v) is 1.41. The molecule has 0 aliphatic heterocycles. The third kappa shape index (κ3) is 22.3. The number of aldehydes is 1. The van der Waals surface area contributed by atoms with Crippen LogP contribution >= 0.6 is 0 Å². The minimum Gasteiger partial charge on any atom is -0.483 e. The van der Waals surface area contributed by atoms with Gasteiger partial charge >= 0.3 is 12.0 Å². The first kappa shape index (κ1) is 25.8. The normalized spacial score (nSPS) is 10.1. The largest absolute Gasteiger partial charge is 0.483 e. The topological polar surface area (TPSA) is 153 Å².